The lowest BCUT2D eigenvalue weighted by atomic mass is 10.1. The normalized spacial score (nSPS) is 10.7. The Bertz CT molecular complexity index is 485. The Labute approximate surface area is 132 Å². The third-order valence-electron chi connectivity index (χ3n) is 3.60. The van der Waals surface area contributed by atoms with Crippen LogP contribution in [0.25, 0.3) is 0 Å². The van der Waals surface area contributed by atoms with Gasteiger partial charge in [0.05, 0.1) is 6.42 Å². The molecular weight excluding hydrogens is 280 g/mol. The van der Waals surface area contributed by atoms with Gasteiger partial charge in [-0.25, -0.2) is 0 Å². The monoisotopic (exact) mass is 306 g/mol. The summed E-state index contributed by atoms with van der Waals surface area (Å²) in [6, 6.07) is 7.57. The number of nitrogens with zero attached hydrogens (tertiary/aromatic N) is 2. The van der Waals surface area contributed by atoms with Gasteiger partial charge in [-0.3, -0.25) is 14.5 Å². The van der Waals surface area contributed by atoms with E-state index in [0.29, 0.717) is 5.56 Å². The van der Waals surface area contributed by atoms with E-state index in [0.717, 1.165) is 26.1 Å². The molecule has 0 atom stereocenters. The summed E-state index contributed by atoms with van der Waals surface area (Å²) in [5, 5.41) is 8.66. The lowest BCUT2D eigenvalue weighted by Crippen LogP contribution is -2.29. The largest absolute Gasteiger partial charge is 0.481 e. The molecule has 0 aliphatic carbocycles. The van der Waals surface area contributed by atoms with Gasteiger partial charge in [0.1, 0.15) is 0 Å². The van der Waals surface area contributed by atoms with Gasteiger partial charge < -0.3 is 10.0 Å². The van der Waals surface area contributed by atoms with Crippen LogP contribution in [0, 0.1) is 0 Å². The number of hydrogen-bond donors (Lipinski definition) is 1. The van der Waals surface area contributed by atoms with Crippen molar-refractivity contribution in [3.63, 3.8) is 0 Å². The zero-order valence-corrected chi connectivity index (χ0v) is 13.7. The van der Waals surface area contributed by atoms with E-state index < -0.39 is 5.97 Å². The number of aliphatic carboxylic acids is 1. The van der Waals surface area contributed by atoms with Crippen molar-refractivity contribution in [3.05, 3.63) is 35.4 Å². The highest BCUT2D eigenvalue weighted by molar-refractivity contribution is 5.94. The maximum atomic E-state index is 12.2. The summed E-state index contributed by atoms with van der Waals surface area (Å²) in [6.45, 7) is 7.48. The second-order valence-electron chi connectivity index (χ2n) is 5.44. The van der Waals surface area contributed by atoms with Crippen LogP contribution in [0.15, 0.2) is 24.3 Å². The molecule has 0 aromatic heterocycles. The zero-order chi connectivity index (χ0) is 16.5. The molecule has 5 heteroatoms. The van der Waals surface area contributed by atoms with Crippen molar-refractivity contribution in [2.75, 3.05) is 26.7 Å². The number of rotatable bonds is 9. The van der Waals surface area contributed by atoms with Crippen LogP contribution in [-0.4, -0.2) is 53.5 Å². The van der Waals surface area contributed by atoms with Gasteiger partial charge in [-0.2, -0.15) is 0 Å². The third-order valence-corrected chi connectivity index (χ3v) is 3.60. The van der Waals surface area contributed by atoms with Crippen molar-refractivity contribution in [2.24, 2.45) is 0 Å². The lowest BCUT2D eigenvalue weighted by molar-refractivity contribution is -0.137. The SMILES string of the molecule is CCCN(CC)Cc1ccc(C(=O)N(C)CCC(=O)O)cc1. The first-order valence-electron chi connectivity index (χ1n) is 7.76. The van der Waals surface area contributed by atoms with Crippen LogP contribution in [0.3, 0.4) is 0 Å². The van der Waals surface area contributed by atoms with E-state index in [-0.39, 0.29) is 18.9 Å². The molecule has 0 bridgehead atoms. The Hall–Kier alpha value is -1.88. The fourth-order valence-corrected chi connectivity index (χ4v) is 2.26. The minimum Gasteiger partial charge on any atom is -0.481 e. The lowest BCUT2D eigenvalue weighted by Gasteiger charge is -2.20. The van der Waals surface area contributed by atoms with Gasteiger partial charge in [-0.1, -0.05) is 26.0 Å². The van der Waals surface area contributed by atoms with Gasteiger partial charge >= 0.3 is 5.97 Å². The van der Waals surface area contributed by atoms with Gasteiger partial charge in [0, 0.05) is 25.7 Å². The van der Waals surface area contributed by atoms with E-state index in [1.807, 2.05) is 24.3 Å². The van der Waals surface area contributed by atoms with E-state index >= 15 is 0 Å². The van der Waals surface area contributed by atoms with Gasteiger partial charge in [-0.05, 0) is 37.2 Å². The van der Waals surface area contributed by atoms with Gasteiger partial charge in [0.2, 0.25) is 0 Å². The summed E-state index contributed by atoms with van der Waals surface area (Å²) < 4.78 is 0. The van der Waals surface area contributed by atoms with Gasteiger partial charge in [-0.15, -0.1) is 0 Å². The van der Waals surface area contributed by atoms with Crippen LogP contribution in [-0.2, 0) is 11.3 Å². The Kier molecular flexibility index (Phi) is 7.60. The molecule has 0 aliphatic heterocycles. The van der Waals surface area contributed by atoms with E-state index in [2.05, 4.69) is 18.7 Å². The molecule has 1 amide bonds. The number of benzene rings is 1. The highest BCUT2D eigenvalue weighted by Crippen LogP contribution is 2.10. The van der Waals surface area contributed by atoms with Crippen LogP contribution >= 0.6 is 0 Å². The molecule has 1 rings (SSSR count). The molecule has 0 spiro atoms. The molecule has 122 valence electrons. The first-order valence-corrected chi connectivity index (χ1v) is 7.76. The number of carboxylic acid groups (broad SMARTS) is 1. The van der Waals surface area contributed by atoms with Gasteiger partial charge in [0.25, 0.3) is 5.91 Å². The van der Waals surface area contributed by atoms with Crippen molar-refractivity contribution in [1.82, 2.24) is 9.80 Å². The van der Waals surface area contributed by atoms with Crippen LogP contribution in [0.4, 0.5) is 0 Å². The second-order valence-corrected chi connectivity index (χ2v) is 5.44. The fourth-order valence-electron chi connectivity index (χ4n) is 2.26. The van der Waals surface area contributed by atoms with Crippen molar-refractivity contribution in [3.8, 4) is 0 Å². The van der Waals surface area contributed by atoms with Crippen LogP contribution < -0.4 is 0 Å². The fraction of sp³-hybridized carbons (Fsp3) is 0.529. The molecule has 5 nitrogen and oxygen atoms in total. The van der Waals surface area contributed by atoms with Crippen LogP contribution in [0.1, 0.15) is 42.6 Å². The average Bonchev–Trinajstić information content (AvgIpc) is 2.52. The molecule has 1 aromatic rings. The maximum Gasteiger partial charge on any atom is 0.305 e. The summed E-state index contributed by atoms with van der Waals surface area (Å²) >= 11 is 0. The van der Waals surface area contributed by atoms with Crippen LogP contribution in [0.5, 0.6) is 0 Å². The molecular formula is C17H26N2O3. The Morgan fingerprint density at radius 1 is 1.09 bits per heavy atom. The smallest absolute Gasteiger partial charge is 0.305 e. The highest BCUT2D eigenvalue weighted by Gasteiger charge is 2.13. The standard InChI is InChI=1S/C17H26N2O3/c1-4-11-19(5-2)13-14-6-8-15(9-7-14)17(22)18(3)12-10-16(20)21/h6-9H,4-5,10-13H2,1-3H3,(H,20,21). The molecule has 0 fully saturated rings. The summed E-state index contributed by atoms with van der Waals surface area (Å²) in [4.78, 5) is 26.5. The molecule has 0 aliphatic rings. The first-order chi connectivity index (χ1) is 10.5. The molecule has 1 N–H and O–H groups in total. The molecule has 1 aromatic carbocycles. The molecule has 22 heavy (non-hydrogen) atoms. The number of hydrogen-bond acceptors (Lipinski definition) is 3. The highest BCUT2D eigenvalue weighted by atomic mass is 16.4. The molecule has 0 unspecified atom stereocenters. The number of carboxylic acids is 1. The van der Waals surface area contributed by atoms with E-state index in [1.54, 1.807) is 7.05 Å². The summed E-state index contributed by atoms with van der Waals surface area (Å²) in [5.41, 5.74) is 1.77. The molecule has 0 saturated carbocycles. The summed E-state index contributed by atoms with van der Waals surface area (Å²) in [6.07, 6.45) is 1.08. The minimum absolute atomic E-state index is 0.0389. The maximum absolute atomic E-state index is 12.2. The second kappa shape index (κ2) is 9.20. The Morgan fingerprint density at radius 3 is 2.23 bits per heavy atom. The van der Waals surface area contributed by atoms with Gasteiger partial charge in [0.15, 0.2) is 0 Å². The molecule has 0 saturated heterocycles. The van der Waals surface area contributed by atoms with Crippen molar-refractivity contribution >= 4 is 11.9 Å². The van der Waals surface area contributed by atoms with Crippen molar-refractivity contribution < 1.29 is 14.7 Å². The number of carbonyl (C=O) groups excluding carboxylic acids is 1. The van der Waals surface area contributed by atoms with E-state index in [9.17, 15) is 9.59 Å². The summed E-state index contributed by atoms with van der Waals surface area (Å²) in [5.74, 6) is -1.04. The number of carbonyl (C=O) groups is 2. The number of amides is 1. The van der Waals surface area contributed by atoms with E-state index in [1.165, 1.54) is 10.5 Å². The summed E-state index contributed by atoms with van der Waals surface area (Å²) in [7, 11) is 1.62. The van der Waals surface area contributed by atoms with Crippen molar-refractivity contribution in [2.45, 2.75) is 33.2 Å². The third kappa shape index (κ3) is 5.85. The van der Waals surface area contributed by atoms with Crippen LogP contribution in [0.2, 0.25) is 0 Å². The first kappa shape index (κ1) is 18.2. The topological polar surface area (TPSA) is 60.9 Å². The van der Waals surface area contributed by atoms with E-state index in [4.69, 9.17) is 5.11 Å². The predicted molar refractivity (Wildman–Crippen MR) is 86.9 cm³/mol. The molecule has 0 radical (unpaired) electrons. The minimum atomic E-state index is -0.898. The Morgan fingerprint density at radius 2 is 1.73 bits per heavy atom. The average molecular weight is 306 g/mol. The predicted octanol–water partition coefficient (Wildman–Crippen LogP) is 2.47. The van der Waals surface area contributed by atoms with Crippen molar-refractivity contribution in [1.29, 1.82) is 0 Å². The molecule has 0 heterocycles. The quantitative estimate of drug-likeness (QED) is 0.761. The Balaban J connectivity index is 2.63. The zero-order valence-electron chi connectivity index (χ0n) is 13.7.